The first-order valence-electron chi connectivity index (χ1n) is 7.75. The maximum absolute atomic E-state index is 5.98. The molecule has 1 atom stereocenters. The lowest BCUT2D eigenvalue weighted by Crippen LogP contribution is -2.24. The Balaban J connectivity index is 2.71. The van der Waals surface area contributed by atoms with E-state index >= 15 is 0 Å². The second-order valence-electron chi connectivity index (χ2n) is 5.75. The Morgan fingerprint density at radius 3 is 2.52 bits per heavy atom. The van der Waals surface area contributed by atoms with Crippen molar-refractivity contribution in [1.29, 1.82) is 0 Å². The summed E-state index contributed by atoms with van der Waals surface area (Å²) in [6.07, 6.45) is 0.277. The Kier molecular flexibility index (Phi) is 7.72. The first-order chi connectivity index (χ1) is 9.93. The molecule has 4 nitrogen and oxygen atoms in total. The molecule has 0 radical (unpaired) electrons. The van der Waals surface area contributed by atoms with Crippen molar-refractivity contribution in [3.63, 3.8) is 0 Å². The fourth-order valence-corrected chi connectivity index (χ4v) is 2.12. The van der Waals surface area contributed by atoms with Gasteiger partial charge in [-0.05, 0) is 52.4 Å². The Bertz CT molecular complexity index is 419. The molecule has 0 aliphatic heterocycles. The number of ether oxygens (including phenoxy) is 2. The van der Waals surface area contributed by atoms with Crippen molar-refractivity contribution in [1.82, 2.24) is 4.90 Å². The number of nitrogens with two attached hydrogens (primary N) is 1. The van der Waals surface area contributed by atoms with Crippen LogP contribution in [0.5, 0.6) is 5.75 Å². The number of nitrogens with zero attached hydrogens (tertiary/aromatic N) is 1. The maximum atomic E-state index is 5.98. The molecular formula is C17H30N2O2. The molecule has 0 saturated carbocycles. The second-order valence-corrected chi connectivity index (χ2v) is 5.75. The normalized spacial score (nSPS) is 13.0. The Labute approximate surface area is 129 Å². The quantitative estimate of drug-likeness (QED) is 0.760. The number of benzene rings is 1. The van der Waals surface area contributed by atoms with Crippen LogP contribution in [0.1, 0.15) is 44.9 Å². The number of likely N-dealkylation sites (N-methyl/N-ethyl adjacent to an activating group) is 1. The van der Waals surface area contributed by atoms with Crippen LogP contribution in [-0.2, 0) is 11.3 Å². The van der Waals surface area contributed by atoms with Crippen molar-refractivity contribution in [2.24, 2.45) is 5.73 Å². The Morgan fingerprint density at radius 2 is 1.95 bits per heavy atom. The fraction of sp³-hybridized carbons (Fsp3) is 0.647. The highest BCUT2D eigenvalue weighted by atomic mass is 16.5. The second kappa shape index (κ2) is 9.03. The van der Waals surface area contributed by atoms with E-state index in [9.17, 15) is 0 Å². The van der Waals surface area contributed by atoms with E-state index < -0.39 is 0 Å². The number of hydrogen-bond donors (Lipinski definition) is 1. The van der Waals surface area contributed by atoms with Crippen LogP contribution in [0.15, 0.2) is 18.2 Å². The Morgan fingerprint density at radius 1 is 1.24 bits per heavy atom. The molecule has 0 aromatic heterocycles. The van der Waals surface area contributed by atoms with Gasteiger partial charge >= 0.3 is 0 Å². The summed E-state index contributed by atoms with van der Waals surface area (Å²) in [5.74, 6) is 0.943. The molecule has 120 valence electrons. The van der Waals surface area contributed by atoms with Crippen molar-refractivity contribution < 1.29 is 9.47 Å². The third-order valence-corrected chi connectivity index (χ3v) is 3.27. The summed E-state index contributed by atoms with van der Waals surface area (Å²) >= 11 is 0. The number of rotatable bonds is 9. The topological polar surface area (TPSA) is 47.7 Å². The molecule has 0 fully saturated rings. The molecule has 0 aliphatic carbocycles. The van der Waals surface area contributed by atoms with Crippen LogP contribution in [0.25, 0.3) is 0 Å². The summed E-state index contributed by atoms with van der Waals surface area (Å²) in [6, 6.07) is 6.25. The van der Waals surface area contributed by atoms with Crippen LogP contribution in [0.2, 0.25) is 0 Å². The zero-order valence-electron chi connectivity index (χ0n) is 14.1. The van der Waals surface area contributed by atoms with Crippen LogP contribution < -0.4 is 10.5 Å². The smallest absolute Gasteiger partial charge is 0.123 e. The molecule has 0 heterocycles. The van der Waals surface area contributed by atoms with E-state index in [1.54, 1.807) is 0 Å². The monoisotopic (exact) mass is 294 g/mol. The first-order valence-corrected chi connectivity index (χ1v) is 7.75. The first kappa shape index (κ1) is 18.0. The van der Waals surface area contributed by atoms with Gasteiger partial charge in [0.25, 0.3) is 0 Å². The summed E-state index contributed by atoms with van der Waals surface area (Å²) in [5, 5.41) is 0. The van der Waals surface area contributed by atoms with E-state index in [2.05, 4.69) is 31.9 Å². The van der Waals surface area contributed by atoms with Gasteiger partial charge in [0.2, 0.25) is 0 Å². The van der Waals surface area contributed by atoms with Gasteiger partial charge < -0.3 is 15.2 Å². The van der Waals surface area contributed by atoms with Gasteiger partial charge in [-0.25, -0.2) is 0 Å². The molecule has 4 heteroatoms. The average molecular weight is 294 g/mol. The third kappa shape index (κ3) is 6.46. The zero-order valence-corrected chi connectivity index (χ0v) is 14.1. The summed E-state index contributed by atoms with van der Waals surface area (Å²) in [6.45, 7) is 11.3. The lowest BCUT2D eigenvalue weighted by molar-refractivity contribution is 0.0625. The molecule has 1 aromatic rings. The van der Waals surface area contributed by atoms with Crippen LogP contribution in [0.3, 0.4) is 0 Å². The minimum absolute atomic E-state index is 0.0361. The highest BCUT2D eigenvalue weighted by Gasteiger charge is 2.10. The predicted molar refractivity (Wildman–Crippen MR) is 87.6 cm³/mol. The van der Waals surface area contributed by atoms with Gasteiger partial charge in [0.1, 0.15) is 5.75 Å². The SMILES string of the molecule is CCOc1ccc(C(C)N)cc1CN(C)CCOC(C)C. The highest BCUT2D eigenvalue weighted by molar-refractivity contribution is 5.38. The molecule has 1 aromatic carbocycles. The summed E-state index contributed by atoms with van der Waals surface area (Å²) in [4.78, 5) is 2.24. The molecule has 0 saturated heterocycles. The third-order valence-electron chi connectivity index (χ3n) is 3.27. The molecule has 1 unspecified atom stereocenters. The molecule has 1 rings (SSSR count). The molecule has 0 spiro atoms. The van der Waals surface area contributed by atoms with Crippen LogP contribution >= 0.6 is 0 Å². The van der Waals surface area contributed by atoms with Crippen molar-refractivity contribution >= 4 is 0 Å². The summed E-state index contributed by atoms with van der Waals surface area (Å²) < 4.78 is 11.3. The van der Waals surface area contributed by atoms with Gasteiger partial charge in [0.15, 0.2) is 0 Å². The van der Waals surface area contributed by atoms with Crippen molar-refractivity contribution in [2.75, 3.05) is 26.8 Å². The minimum atomic E-state index is 0.0361. The van der Waals surface area contributed by atoms with Crippen molar-refractivity contribution in [3.05, 3.63) is 29.3 Å². The van der Waals surface area contributed by atoms with Gasteiger partial charge in [-0.1, -0.05) is 6.07 Å². The largest absolute Gasteiger partial charge is 0.494 e. The van der Waals surface area contributed by atoms with E-state index in [4.69, 9.17) is 15.2 Å². The van der Waals surface area contributed by atoms with Crippen molar-refractivity contribution in [2.45, 2.75) is 46.4 Å². The molecule has 0 bridgehead atoms. The van der Waals surface area contributed by atoms with E-state index in [0.717, 1.165) is 31.0 Å². The van der Waals surface area contributed by atoms with Gasteiger partial charge in [0, 0.05) is 24.7 Å². The summed E-state index contributed by atoms with van der Waals surface area (Å²) in [5.41, 5.74) is 8.30. The van der Waals surface area contributed by atoms with E-state index in [1.807, 2.05) is 26.0 Å². The van der Waals surface area contributed by atoms with Gasteiger partial charge in [-0.3, -0.25) is 4.90 Å². The molecule has 0 amide bonds. The predicted octanol–water partition coefficient (Wildman–Crippen LogP) is 2.96. The standard InChI is InChI=1S/C17H30N2O2/c1-6-20-17-8-7-15(14(4)18)11-16(17)12-19(5)9-10-21-13(2)3/h7-8,11,13-14H,6,9-10,12,18H2,1-5H3. The molecular weight excluding hydrogens is 264 g/mol. The van der Waals surface area contributed by atoms with Crippen molar-refractivity contribution in [3.8, 4) is 5.75 Å². The fourth-order valence-electron chi connectivity index (χ4n) is 2.12. The van der Waals surface area contributed by atoms with Gasteiger partial charge in [0.05, 0.1) is 19.3 Å². The van der Waals surface area contributed by atoms with E-state index in [0.29, 0.717) is 6.61 Å². The maximum Gasteiger partial charge on any atom is 0.123 e. The zero-order chi connectivity index (χ0) is 15.8. The van der Waals surface area contributed by atoms with E-state index in [1.165, 1.54) is 5.56 Å². The number of hydrogen-bond acceptors (Lipinski definition) is 4. The van der Waals surface area contributed by atoms with Gasteiger partial charge in [-0.2, -0.15) is 0 Å². The lowest BCUT2D eigenvalue weighted by Gasteiger charge is -2.20. The Hall–Kier alpha value is -1.10. The van der Waals surface area contributed by atoms with Crippen LogP contribution in [0, 0.1) is 0 Å². The molecule has 21 heavy (non-hydrogen) atoms. The average Bonchev–Trinajstić information content (AvgIpc) is 2.40. The van der Waals surface area contributed by atoms with Crippen LogP contribution in [0.4, 0.5) is 0 Å². The van der Waals surface area contributed by atoms with E-state index in [-0.39, 0.29) is 12.1 Å². The molecule has 2 N–H and O–H groups in total. The molecule has 0 aliphatic rings. The minimum Gasteiger partial charge on any atom is -0.494 e. The lowest BCUT2D eigenvalue weighted by atomic mass is 10.0. The van der Waals surface area contributed by atoms with Crippen LogP contribution in [-0.4, -0.2) is 37.8 Å². The van der Waals surface area contributed by atoms with Gasteiger partial charge in [-0.15, -0.1) is 0 Å². The summed E-state index contributed by atoms with van der Waals surface area (Å²) in [7, 11) is 2.10. The highest BCUT2D eigenvalue weighted by Crippen LogP contribution is 2.24.